The van der Waals surface area contributed by atoms with Crippen LogP contribution < -0.4 is 10.1 Å². The van der Waals surface area contributed by atoms with Crippen molar-refractivity contribution in [2.75, 3.05) is 6.54 Å². The molecule has 0 radical (unpaired) electrons. The molecule has 112 valence electrons. The van der Waals surface area contributed by atoms with Gasteiger partial charge in [-0.15, -0.1) is 0 Å². The summed E-state index contributed by atoms with van der Waals surface area (Å²) in [6.07, 6.45) is 0. The molecule has 0 aliphatic carbocycles. The molecule has 21 heavy (non-hydrogen) atoms. The normalized spacial score (nSPS) is 10.7. The van der Waals surface area contributed by atoms with Crippen molar-refractivity contribution in [3.05, 3.63) is 63.6 Å². The van der Waals surface area contributed by atoms with Gasteiger partial charge in [-0.3, -0.25) is 0 Å². The zero-order valence-electron chi connectivity index (χ0n) is 11.6. The van der Waals surface area contributed by atoms with Crippen LogP contribution in [0, 0.1) is 11.6 Å². The molecule has 0 saturated carbocycles. The van der Waals surface area contributed by atoms with E-state index < -0.39 is 11.6 Å². The minimum absolute atomic E-state index is 0.0823. The molecule has 2 aromatic rings. The molecule has 0 saturated heterocycles. The Morgan fingerprint density at radius 2 is 1.81 bits per heavy atom. The lowest BCUT2D eigenvalue weighted by molar-refractivity contribution is 0.292. The van der Waals surface area contributed by atoms with Crippen molar-refractivity contribution in [2.45, 2.75) is 20.1 Å². The molecular formula is C16H16BrF2NO. The van der Waals surface area contributed by atoms with Crippen LogP contribution in [0.2, 0.25) is 0 Å². The predicted molar refractivity (Wildman–Crippen MR) is 82.2 cm³/mol. The molecule has 0 aliphatic rings. The number of rotatable bonds is 6. The zero-order valence-corrected chi connectivity index (χ0v) is 13.2. The third-order valence-corrected chi connectivity index (χ3v) is 3.64. The molecule has 0 bridgehead atoms. The molecule has 1 N–H and O–H groups in total. The topological polar surface area (TPSA) is 21.3 Å². The summed E-state index contributed by atoms with van der Waals surface area (Å²) in [5, 5.41) is 3.22. The lowest BCUT2D eigenvalue weighted by atomic mass is 10.2. The van der Waals surface area contributed by atoms with E-state index in [1.54, 1.807) is 12.1 Å². The smallest absolute Gasteiger partial charge is 0.146 e. The van der Waals surface area contributed by atoms with Gasteiger partial charge in [-0.05, 0) is 52.3 Å². The molecule has 0 spiro atoms. The predicted octanol–water partition coefficient (Wildman–Crippen LogP) is 4.42. The van der Waals surface area contributed by atoms with Crippen LogP contribution in [0.5, 0.6) is 5.75 Å². The summed E-state index contributed by atoms with van der Waals surface area (Å²) < 4.78 is 33.1. The summed E-state index contributed by atoms with van der Waals surface area (Å²) in [4.78, 5) is 0. The first kappa shape index (κ1) is 15.9. The van der Waals surface area contributed by atoms with Crippen molar-refractivity contribution in [2.24, 2.45) is 0 Å². The average Bonchev–Trinajstić information content (AvgIpc) is 2.50. The first-order valence-corrected chi connectivity index (χ1v) is 7.46. The van der Waals surface area contributed by atoms with Crippen LogP contribution in [-0.4, -0.2) is 6.54 Å². The van der Waals surface area contributed by atoms with Crippen LogP contribution in [0.25, 0.3) is 0 Å². The number of benzene rings is 2. The Labute approximate surface area is 131 Å². The van der Waals surface area contributed by atoms with Crippen LogP contribution in [0.15, 0.2) is 40.9 Å². The highest BCUT2D eigenvalue weighted by molar-refractivity contribution is 9.10. The highest BCUT2D eigenvalue weighted by Crippen LogP contribution is 2.23. The van der Waals surface area contributed by atoms with Gasteiger partial charge in [0.05, 0.1) is 10.0 Å². The van der Waals surface area contributed by atoms with Gasteiger partial charge in [0.25, 0.3) is 0 Å². The highest BCUT2D eigenvalue weighted by Gasteiger charge is 2.12. The minimum Gasteiger partial charge on any atom is -0.489 e. The second-order valence-electron chi connectivity index (χ2n) is 4.53. The number of hydrogen-bond donors (Lipinski definition) is 1. The van der Waals surface area contributed by atoms with Gasteiger partial charge in [0.1, 0.15) is 24.0 Å². The van der Waals surface area contributed by atoms with E-state index in [9.17, 15) is 8.78 Å². The maximum Gasteiger partial charge on any atom is 0.146 e. The molecule has 0 aromatic heterocycles. The van der Waals surface area contributed by atoms with Crippen LogP contribution >= 0.6 is 15.9 Å². The van der Waals surface area contributed by atoms with Crippen LogP contribution in [0.3, 0.4) is 0 Å². The molecule has 2 rings (SSSR count). The van der Waals surface area contributed by atoms with E-state index in [2.05, 4.69) is 21.2 Å². The van der Waals surface area contributed by atoms with E-state index in [1.165, 1.54) is 12.1 Å². The molecule has 0 atom stereocenters. The van der Waals surface area contributed by atoms with E-state index in [-0.39, 0.29) is 16.6 Å². The van der Waals surface area contributed by atoms with Crippen LogP contribution in [0.4, 0.5) is 8.78 Å². The SMILES string of the molecule is CCNCc1ccc(OCc2c(F)ccc(Br)c2F)cc1. The van der Waals surface area contributed by atoms with Gasteiger partial charge in [-0.1, -0.05) is 19.1 Å². The number of halogens is 3. The maximum atomic E-state index is 13.8. The Bertz CT molecular complexity index is 602. The minimum atomic E-state index is -0.626. The Morgan fingerprint density at radius 1 is 1.10 bits per heavy atom. The molecule has 0 unspecified atom stereocenters. The third kappa shape index (κ3) is 4.25. The maximum absolute atomic E-state index is 13.8. The standard InChI is InChI=1S/C16H16BrF2NO/c1-2-20-9-11-3-5-12(6-4-11)21-10-13-15(18)8-7-14(17)16(13)19/h3-8,20H,2,9-10H2,1H3. The Hall–Kier alpha value is -1.46. The van der Waals surface area contributed by atoms with Gasteiger partial charge in [-0.2, -0.15) is 0 Å². The van der Waals surface area contributed by atoms with Crippen molar-refractivity contribution in [3.63, 3.8) is 0 Å². The molecule has 2 aromatic carbocycles. The van der Waals surface area contributed by atoms with Crippen molar-refractivity contribution >= 4 is 15.9 Å². The first-order valence-electron chi connectivity index (χ1n) is 6.66. The van der Waals surface area contributed by atoms with E-state index in [1.807, 2.05) is 19.1 Å². The van der Waals surface area contributed by atoms with Gasteiger partial charge in [-0.25, -0.2) is 8.78 Å². The van der Waals surface area contributed by atoms with Gasteiger partial charge in [0, 0.05) is 6.54 Å². The number of nitrogens with one attached hydrogen (secondary N) is 1. The Morgan fingerprint density at radius 3 is 2.48 bits per heavy atom. The second kappa shape index (κ2) is 7.52. The summed E-state index contributed by atoms with van der Waals surface area (Å²) in [6.45, 7) is 3.58. The van der Waals surface area contributed by atoms with E-state index in [4.69, 9.17) is 4.74 Å². The molecule has 0 fully saturated rings. The molecule has 5 heteroatoms. The molecule has 0 aliphatic heterocycles. The van der Waals surface area contributed by atoms with Gasteiger partial charge >= 0.3 is 0 Å². The van der Waals surface area contributed by atoms with Gasteiger partial charge < -0.3 is 10.1 Å². The number of ether oxygens (including phenoxy) is 1. The quantitative estimate of drug-likeness (QED) is 0.774. The van der Waals surface area contributed by atoms with Crippen molar-refractivity contribution < 1.29 is 13.5 Å². The number of hydrogen-bond acceptors (Lipinski definition) is 2. The third-order valence-electron chi connectivity index (χ3n) is 3.02. The summed E-state index contributed by atoms with van der Waals surface area (Å²) in [7, 11) is 0. The summed E-state index contributed by atoms with van der Waals surface area (Å²) in [5.74, 6) is -0.660. The fraction of sp³-hybridized carbons (Fsp3) is 0.250. The Kier molecular flexibility index (Phi) is 5.70. The Balaban J connectivity index is 2.02. The lowest BCUT2D eigenvalue weighted by Gasteiger charge is -2.10. The van der Waals surface area contributed by atoms with Crippen LogP contribution in [-0.2, 0) is 13.2 Å². The van der Waals surface area contributed by atoms with E-state index >= 15 is 0 Å². The molecule has 2 nitrogen and oxygen atoms in total. The average molecular weight is 356 g/mol. The van der Waals surface area contributed by atoms with Crippen molar-refractivity contribution in [1.82, 2.24) is 5.32 Å². The van der Waals surface area contributed by atoms with Crippen molar-refractivity contribution in [3.8, 4) is 5.75 Å². The first-order chi connectivity index (χ1) is 10.1. The fourth-order valence-electron chi connectivity index (χ4n) is 1.83. The highest BCUT2D eigenvalue weighted by atomic mass is 79.9. The largest absolute Gasteiger partial charge is 0.489 e. The van der Waals surface area contributed by atoms with Gasteiger partial charge in [0.2, 0.25) is 0 Å². The summed E-state index contributed by atoms with van der Waals surface area (Å²) in [5.41, 5.74) is 1.05. The van der Waals surface area contributed by atoms with Crippen molar-refractivity contribution in [1.29, 1.82) is 0 Å². The summed E-state index contributed by atoms with van der Waals surface area (Å²) >= 11 is 3.04. The summed E-state index contributed by atoms with van der Waals surface area (Å²) in [6, 6.07) is 9.98. The second-order valence-corrected chi connectivity index (χ2v) is 5.39. The van der Waals surface area contributed by atoms with Crippen LogP contribution in [0.1, 0.15) is 18.1 Å². The van der Waals surface area contributed by atoms with Gasteiger partial charge in [0.15, 0.2) is 0 Å². The monoisotopic (exact) mass is 355 g/mol. The lowest BCUT2D eigenvalue weighted by Crippen LogP contribution is -2.11. The molecular weight excluding hydrogens is 340 g/mol. The van der Waals surface area contributed by atoms with E-state index in [0.29, 0.717) is 5.75 Å². The zero-order chi connectivity index (χ0) is 15.2. The molecule has 0 heterocycles. The van der Waals surface area contributed by atoms with E-state index in [0.717, 1.165) is 18.7 Å². The fourth-order valence-corrected chi connectivity index (χ4v) is 2.20. The molecule has 0 amide bonds.